The Morgan fingerprint density at radius 1 is 1.32 bits per heavy atom. The van der Waals surface area contributed by atoms with Gasteiger partial charge in [0.2, 0.25) is 0 Å². The number of aryl methyl sites for hydroxylation is 3. The Bertz CT molecular complexity index is 617. The summed E-state index contributed by atoms with van der Waals surface area (Å²) >= 11 is 0. The van der Waals surface area contributed by atoms with Crippen LogP contribution in [0.25, 0.3) is 5.69 Å². The lowest BCUT2D eigenvalue weighted by atomic mass is 10.1. The molecule has 5 heteroatoms. The first-order valence-electron chi connectivity index (χ1n) is 6.40. The minimum atomic E-state index is -0.336. The Labute approximate surface area is 112 Å². The highest BCUT2D eigenvalue weighted by Gasteiger charge is 2.20. The van der Waals surface area contributed by atoms with Gasteiger partial charge in [0.25, 0.3) is 5.69 Å². The SMILES string of the molecule is CCc1cc(CC)n(-c2cccc(C)c2[N+](=O)[O-])n1. The molecule has 0 bridgehead atoms. The third-order valence-corrected chi connectivity index (χ3v) is 3.19. The molecule has 0 fully saturated rings. The summed E-state index contributed by atoms with van der Waals surface area (Å²) in [6.07, 6.45) is 1.61. The average Bonchev–Trinajstić information content (AvgIpc) is 2.81. The molecule has 0 atom stereocenters. The smallest absolute Gasteiger partial charge is 0.258 e. The number of hydrogen-bond acceptors (Lipinski definition) is 3. The highest BCUT2D eigenvalue weighted by atomic mass is 16.6. The molecule has 0 aliphatic carbocycles. The van der Waals surface area contributed by atoms with Crippen LogP contribution in [0.5, 0.6) is 0 Å². The van der Waals surface area contributed by atoms with Crippen LogP contribution in [-0.2, 0) is 12.8 Å². The average molecular weight is 259 g/mol. The zero-order chi connectivity index (χ0) is 14.0. The van der Waals surface area contributed by atoms with E-state index in [1.165, 1.54) is 0 Å². The van der Waals surface area contributed by atoms with Crippen LogP contribution < -0.4 is 0 Å². The van der Waals surface area contributed by atoms with Gasteiger partial charge in [-0.3, -0.25) is 10.1 Å². The van der Waals surface area contributed by atoms with Gasteiger partial charge < -0.3 is 0 Å². The molecule has 0 amide bonds. The van der Waals surface area contributed by atoms with Gasteiger partial charge in [-0.05, 0) is 31.9 Å². The second kappa shape index (κ2) is 5.22. The second-order valence-electron chi connectivity index (χ2n) is 4.45. The van der Waals surface area contributed by atoms with Crippen molar-refractivity contribution in [3.05, 3.63) is 51.3 Å². The molecule has 19 heavy (non-hydrogen) atoms. The minimum Gasteiger partial charge on any atom is -0.258 e. The number of para-hydroxylation sites is 1. The molecule has 0 aliphatic rings. The highest BCUT2D eigenvalue weighted by Crippen LogP contribution is 2.27. The molecule has 0 spiro atoms. The molecular weight excluding hydrogens is 242 g/mol. The summed E-state index contributed by atoms with van der Waals surface area (Å²) in [5, 5.41) is 15.7. The summed E-state index contributed by atoms with van der Waals surface area (Å²) in [7, 11) is 0. The van der Waals surface area contributed by atoms with Gasteiger partial charge in [-0.15, -0.1) is 0 Å². The summed E-state index contributed by atoms with van der Waals surface area (Å²) in [4.78, 5) is 10.9. The Balaban J connectivity index is 2.68. The quantitative estimate of drug-likeness (QED) is 0.625. The largest absolute Gasteiger partial charge is 0.297 e. The Morgan fingerprint density at radius 3 is 2.63 bits per heavy atom. The molecule has 1 aromatic carbocycles. The van der Waals surface area contributed by atoms with Gasteiger partial charge in [-0.25, -0.2) is 4.68 Å². The first-order valence-corrected chi connectivity index (χ1v) is 6.40. The van der Waals surface area contributed by atoms with Crippen LogP contribution in [0.3, 0.4) is 0 Å². The number of nitro groups is 1. The summed E-state index contributed by atoms with van der Waals surface area (Å²) in [5.41, 5.74) is 3.26. The lowest BCUT2D eigenvalue weighted by Gasteiger charge is -2.08. The number of rotatable bonds is 4. The number of benzene rings is 1. The van der Waals surface area contributed by atoms with Crippen LogP contribution in [0.4, 0.5) is 5.69 Å². The predicted molar refractivity (Wildman–Crippen MR) is 73.7 cm³/mol. The van der Waals surface area contributed by atoms with Crippen molar-refractivity contribution in [2.75, 3.05) is 0 Å². The number of hydrogen-bond donors (Lipinski definition) is 0. The molecule has 0 unspecified atom stereocenters. The number of nitro benzene ring substituents is 1. The molecule has 0 saturated carbocycles. The van der Waals surface area contributed by atoms with E-state index in [2.05, 4.69) is 5.10 Å². The Morgan fingerprint density at radius 2 is 2.05 bits per heavy atom. The molecule has 2 rings (SSSR count). The number of nitrogens with zero attached hydrogens (tertiary/aromatic N) is 3. The Kier molecular flexibility index (Phi) is 3.64. The van der Waals surface area contributed by atoms with E-state index in [1.807, 2.05) is 26.0 Å². The maximum absolute atomic E-state index is 11.3. The van der Waals surface area contributed by atoms with E-state index in [4.69, 9.17) is 0 Å². The molecule has 0 aliphatic heterocycles. The van der Waals surface area contributed by atoms with Crippen molar-refractivity contribution >= 4 is 5.69 Å². The molecule has 100 valence electrons. The molecule has 5 nitrogen and oxygen atoms in total. The predicted octanol–water partition coefficient (Wildman–Crippen LogP) is 3.21. The van der Waals surface area contributed by atoms with Gasteiger partial charge in [-0.2, -0.15) is 5.10 Å². The maximum Gasteiger partial charge on any atom is 0.297 e. The number of aromatic nitrogens is 2. The van der Waals surface area contributed by atoms with Gasteiger partial charge >= 0.3 is 0 Å². The normalized spacial score (nSPS) is 10.7. The fourth-order valence-corrected chi connectivity index (χ4v) is 2.16. The van der Waals surface area contributed by atoms with E-state index >= 15 is 0 Å². The minimum absolute atomic E-state index is 0.128. The first kappa shape index (κ1) is 13.3. The van der Waals surface area contributed by atoms with Crippen LogP contribution >= 0.6 is 0 Å². The summed E-state index contributed by atoms with van der Waals surface area (Å²) in [6.45, 7) is 5.79. The van der Waals surface area contributed by atoms with Crippen molar-refractivity contribution in [1.82, 2.24) is 9.78 Å². The van der Waals surface area contributed by atoms with E-state index in [0.717, 1.165) is 24.2 Å². The summed E-state index contributed by atoms with van der Waals surface area (Å²) in [5.74, 6) is 0. The maximum atomic E-state index is 11.3. The van der Waals surface area contributed by atoms with E-state index in [1.54, 1.807) is 23.7 Å². The molecule has 0 saturated heterocycles. The van der Waals surface area contributed by atoms with Crippen molar-refractivity contribution < 1.29 is 4.92 Å². The summed E-state index contributed by atoms with van der Waals surface area (Å²) in [6, 6.07) is 7.32. The molecular formula is C14H17N3O2. The standard InChI is InChI=1S/C14H17N3O2/c1-4-11-9-12(5-2)16(15-11)13-8-6-7-10(3)14(13)17(18)19/h6-9H,4-5H2,1-3H3. The van der Waals surface area contributed by atoms with E-state index in [9.17, 15) is 10.1 Å². The fourth-order valence-electron chi connectivity index (χ4n) is 2.16. The van der Waals surface area contributed by atoms with Crippen LogP contribution in [-0.4, -0.2) is 14.7 Å². The van der Waals surface area contributed by atoms with E-state index in [-0.39, 0.29) is 10.6 Å². The van der Waals surface area contributed by atoms with Crippen LogP contribution in [0, 0.1) is 17.0 Å². The van der Waals surface area contributed by atoms with E-state index < -0.39 is 0 Å². The second-order valence-corrected chi connectivity index (χ2v) is 4.45. The zero-order valence-electron chi connectivity index (χ0n) is 11.4. The van der Waals surface area contributed by atoms with Crippen molar-refractivity contribution in [3.63, 3.8) is 0 Å². The van der Waals surface area contributed by atoms with Gasteiger partial charge in [-0.1, -0.05) is 26.0 Å². The monoisotopic (exact) mass is 259 g/mol. The van der Waals surface area contributed by atoms with Gasteiger partial charge in [0.05, 0.1) is 10.6 Å². The van der Waals surface area contributed by atoms with Crippen molar-refractivity contribution in [2.24, 2.45) is 0 Å². The van der Waals surface area contributed by atoms with E-state index in [0.29, 0.717) is 11.3 Å². The zero-order valence-corrected chi connectivity index (χ0v) is 11.4. The first-order chi connectivity index (χ1) is 9.08. The molecule has 0 radical (unpaired) electrons. The van der Waals surface area contributed by atoms with Crippen LogP contribution in [0.15, 0.2) is 24.3 Å². The molecule has 1 aromatic heterocycles. The topological polar surface area (TPSA) is 61.0 Å². The van der Waals surface area contributed by atoms with Crippen molar-refractivity contribution in [2.45, 2.75) is 33.6 Å². The van der Waals surface area contributed by atoms with Crippen molar-refractivity contribution in [3.8, 4) is 5.69 Å². The molecule has 2 aromatic rings. The van der Waals surface area contributed by atoms with Gasteiger partial charge in [0, 0.05) is 11.3 Å². The molecule has 1 heterocycles. The van der Waals surface area contributed by atoms with Crippen molar-refractivity contribution in [1.29, 1.82) is 0 Å². The fraction of sp³-hybridized carbons (Fsp3) is 0.357. The highest BCUT2D eigenvalue weighted by molar-refractivity contribution is 5.57. The van der Waals surface area contributed by atoms with Crippen LogP contribution in [0.1, 0.15) is 30.8 Å². The molecule has 0 N–H and O–H groups in total. The van der Waals surface area contributed by atoms with Gasteiger partial charge in [0.15, 0.2) is 0 Å². The summed E-state index contributed by atoms with van der Waals surface area (Å²) < 4.78 is 1.70. The Hall–Kier alpha value is -2.17. The lowest BCUT2D eigenvalue weighted by Crippen LogP contribution is -2.06. The lowest BCUT2D eigenvalue weighted by molar-refractivity contribution is -0.385. The third kappa shape index (κ3) is 2.36. The van der Waals surface area contributed by atoms with Crippen LogP contribution in [0.2, 0.25) is 0 Å². The third-order valence-electron chi connectivity index (χ3n) is 3.19. The van der Waals surface area contributed by atoms with Gasteiger partial charge in [0.1, 0.15) is 5.69 Å².